The predicted octanol–water partition coefficient (Wildman–Crippen LogP) is 2.82. The maximum atomic E-state index is 6.33. The molecule has 0 aromatic heterocycles. The third kappa shape index (κ3) is 5.31. The third-order valence-electron chi connectivity index (χ3n) is 3.70. The first-order valence-corrected chi connectivity index (χ1v) is 7.26. The Morgan fingerprint density at radius 2 is 1.79 bits per heavy atom. The molecule has 3 heteroatoms. The summed E-state index contributed by atoms with van der Waals surface area (Å²) in [5, 5.41) is 0. The first kappa shape index (κ1) is 16.2. The SMILES string of the molecule is CCC(CC)N(CCOC)CC(N)c1ccccc1. The lowest BCUT2D eigenvalue weighted by Crippen LogP contribution is -2.41. The molecule has 0 aliphatic rings. The molecule has 1 rings (SSSR count). The number of nitrogens with zero attached hydrogens (tertiary/aromatic N) is 1. The van der Waals surface area contributed by atoms with Crippen molar-refractivity contribution in [2.24, 2.45) is 5.73 Å². The molecule has 1 aromatic carbocycles. The van der Waals surface area contributed by atoms with Crippen molar-refractivity contribution in [2.75, 3.05) is 26.8 Å². The van der Waals surface area contributed by atoms with Crippen LogP contribution in [-0.2, 0) is 4.74 Å². The number of hydrogen-bond acceptors (Lipinski definition) is 3. The van der Waals surface area contributed by atoms with Crippen molar-refractivity contribution < 1.29 is 4.74 Å². The molecule has 0 radical (unpaired) electrons. The largest absolute Gasteiger partial charge is 0.383 e. The van der Waals surface area contributed by atoms with E-state index in [0.29, 0.717) is 6.04 Å². The Balaban J connectivity index is 2.65. The molecule has 0 aliphatic heterocycles. The fourth-order valence-corrected chi connectivity index (χ4v) is 2.49. The van der Waals surface area contributed by atoms with Crippen LogP contribution in [0.5, 0.6) is 0 Å². The minimum atomic E-state index is 0.0682. The maximum Gasteiger partial charge on any atom is 0.0589 e. The molecular formula is C16H28N2O. The van der Waals surface area contributed by atoms with Crippen LogP contribution in [-0.4, -0.2) is 37.7 Å². The van der Waals surface area contributed by atoms with E-state index in [1.807, 2.05) is 18.2 Å². The van der Waals surface area contributed by atoms with Gasteiger partial charge in [-0.2, -0.15) is 0 Å². The van der Waals surface area contributed by atoms with Gasteiger partial charge in [-0.1, -0.05) is 44.2 Å². The standard InChI is InChI=1S/C16H28N2O/c1-4-15(5-2)18(11-12-19-3)13-16(17)14-9-7-6-8-10-14/h6-10,15-16H,4-5,11-13,17H2,1-3H3. The summed E-state index contributed by atoms with van der Waals surface area (Å²) < 4.78 is 5.22. The molecule has 3 nitrogen and oxygen atoms in total. The van der Waals surface area contributed by atoms with Crippen molar-refractivity contribution in [3.05, 3.63) is 35.9 Å². The van der Waals surface area contributed by atoms with Crippen LogP contribution >= 0.6 is 0 Å². The number of hydrogen-bond donors (Lipinski definition) is 1. The maximum absolute atomic E-state index is 6.33. The van der Waals surface area contributed by atoms with Gasteiger partial charge in [-0.15, -0.1) is 0 Å². The van der Waals surface area contributed by atoms with Gasteiger partial charge in [0.15, 0.2) is 0 Å². The first-order valence-electron chi connectivity index (χ1n) is 7.26. The van der Waals surface area contributed by atoms with Crippen LogP contribution in [0.2, 0.25) is 0 Å². The fraction of sp³-hybridized carbons (Fsp3) is 0.625. The third-order valence-corrected chi connectivity index (χ3v) is 3.70. The van der Waals surface area contributed by atoms with Crippen molar-refractivity contribution >= 4 is 0 Å². The molecule has 1 aromatic rings. The van der Waals surface area contributed by atoms with Crippen LogP contribution in [0.1, 0.15) is 38.3 Å². The molecule has 0 saturated carbocycles. The molecule has 0 spiro atoms. The minimum Gasteiger partial charge on any atom is -0.383 e. The second-order valence-electron chi connectivity index (χ2n) is 4.98. The van der Waals surface area contributed by atoms with Crippen molar-refractivity contribution in [1.29, 1.82) is 0 Å². The van der Waals surface area contributed by atoms with E-state index in [1.54, 1.807) is 7.11 Å². The van der Waals surface area contributed by atoms with Gasteiger partial charge < -0.3 is 10.5 Å². The van der Waals surface area contributed by atoms with Gasteiger partial charge >= 0.3 is 0 Å². The molecule has 108 valence electrons. The summed E-state index contributed by atoms with van der Waals surface area (Å²) in [5.74, 6) is 0. The zero-order chi connectivity index (χ0) is 14.1. The highest BCUT2D eigenvalue weighted by atomic mass is 16.5. The van der Waals surface area contributed by atoms with Gasteiger partial charge in [0.05, 0.1) is 6.61 Å². The van der Waals surface area contributed by atoms with Crippen LogP contribution in [0.25, 0.3) is 0 Å². The lowest BCUT2D eigenvalue weighted by atomic mass is 10.0. The average Bonchev–Trinajstić information content (AvgIpc) is 2.46. The molecule has 1 unspecified atom stereocenters. The molecule has 0 aliphatic carbocycles. The van der Waals surface area contributed by atoms with Crippen molar-refractivity contribution in [3.63, 3.8) is 0 Å². The summed E-state index contributed by atoms with van der Waals surface area (Å²) in [5.41, 5.74) is 7.54. The highest BCUT2D eigenvalue weighted by Gasteiger charge is 2.18. The lowest BCUT2D eigenvalue weighted by molar-refractivity contribution is 0.110. The van der Waals surface area contributed by atoms with E-state index in [1.165, 1.54) is 5.56 Å². The van der Waals surface area contributed by atoms with Crippen molar-refractivity contribution in [2.45, 2.75) is 38.8 Å². The Labute approximate surface area is 117 Å². The van der Waals surface area contributed by atoms with Crippen LogP contribution in [0.4, 0.5) is 0 Å². The molecule has 1 atom stereocenters. The van der Waals surface area contributed by atoms with Crippen LogP contribution in [0, 0.1) is 0 Å². The predicted molar refractivity (Wildman–Crippen MR) is 81.2 cm³/mol. The highest BCUT2D eigenvalue weighted by Crippen LogP contribution is 2.15. The van der Waals surface area contributed by atoms with Crippen LogP contribution < -0.4 is 5.73 Å². The number of benzene rings is 1. The van der Waals surface area contributed by atoms with E-state index in [2.05, 4.69) is 30.9 Å². The van der Waals surface area contributed by atoms with E-state index in [0.717, 1.165) is 32.5 Å². The van der Waals surface area contributed by atoms with Gasteiger partial charge in [-0.3, -0.25) is 4.90 Å². The second kappa shape index (κ2) is 9.08. The summed E-state index contributed by atoms with van der Waals surface area (Å²) in [4.78, 5) is 2.46. The van der Waals surface area contributed by atoms with E-state index >= 15 is 0 Å². The minimum absolute atomic E-state index is 0.0682. The van der Waals surface area contributed by atoms with E-state index in [9.17, 15) is 0 Å². The zero-order valence-corrected chi connectivity index (χ0v) is 12.5. The van der Waals surface area contributed by atoms with Gasteiger partial charge in [0.1, 0.15) is 0 Å². The fourth-order valence-electron chi connectivity index (χ4n) is 2.49. The second-order valence-corrected chi connectivity index (χ2v) is 4.98. The smallest absolute Gasteiger partial charge is 0.0589 e. The van der Waals surface area contributed by atoms with Crippen LogP contribution in [0.15, 0.2) is 30.3 Å². The zero-order valence-electron chi connectivity index (χ0n) is 12.5. The Hall–Kier alpha value is -0.900. The monoisotopic (exact) mass is 264 g/mol. The summed E-state index contributed by atoms with van der Waals surface area (Å²) in [6.45, 7) is 7.07. The molecule has 0 fully saturated rings. The molecule has 0 saturated heterocycles. The molecule has 0 bridgehead atoms. The number of rotatable bonds is 9. The van der Waals surface area contributed by atoms with Crippen molar-refractivity contribution in [1.82, 2.24) is 4.90 Å². The summed E-state index contributed by atoms with van der Waals surface area (Å²) in [6.07, 6.45) is 2.31. The summed E-state index contributed by atoms with van der Waals surface area (Å²) in [6, 6.07) is 11.0. The number of methoxy groups -OCH3 is 1. The Morgan fingerprint density at radius 3 is 2.32 bits per heavy atom. The summed E-state index contributed by atoms with van der Waals surface area (Å²) in [7, 11) is 1.75. The van der Waals surface area contributed by atoms with E-state index in [4.69, 9.17) is 10.5 Å². The van der Waals surface area contributed by atoms with Gasteiger partial charge in [-0.25, -0.2) is 0 Å². The normalized spacial score (nSPS) is 13.2. The Bertz CT molecular complexity index is 325. The quantitative estimate of drug-likeness (QED) is 0.745. The Kier molecular flexibility index (Phi) is 7.72. The summed E-state index contributed by atoms with van der Waals surface area (Å²) >= 11 is 0. The molecular weight excluding hydrogens is 236 g/mol. The highest BCUT2D eigenvalue weighted by molar-refractivity contribution is 5.18. The molecule has 19 heavy (non-hydrogen) atoms. The molecule has 2 N–H and O–H groups in total. The topological polar surface area (TPSA) is 38.5 Å². The molecule has 0 heterocycles. The lowest BCUT2D eigenvalue weighted by Gasteiger charge is -2.32. The number of ether oxygens (including phenoxy) is 1. The van der Waals surface area contributed by atoms with Gasteiger partial charge in [-0.05, 0) is 18.4 Å². The van der Waals surface area contributed by atoms with E-state index < -0.39 is 0 Å². The van der Waals surface area contributed by atoms with Crippen molar-refractivity contribution in [3.8, 4) is 0 Å². The Morgan fingerprint density at radius 1 is 1.16 bits per heavy atom. The first-order chi connectivity index (χ1) is 9.22. The average molecular weight is 264 g/mol. The van der Waals surface area contributed by atoms with Gasteiger partial charge in [0.2, 0.25) is 0 Å². The van der Waals surface area contributed by atoms with E-state index in [-0.39, 0.29) is 6.04 Å². The number of nitrogens with two attached hydrogens (primary N) is 1. The van der Waals surface area contributed by atoms with Gasteiger partial charge in [0, 0.05) is 32.3 Å². The van der Waals surface area contributed by atoms with Gasteiger partial charge in [0.25, 0.3) is 0 Å². The molecule has 0 amide bonds. The van der Waals surface area contributed by atoms with Crippen LogP contribution in [0.3, 0.4) is 0 Å².